The third-order valence-electron chi connectivity index (χ3n) is 2.68. The van der Waals surface area contributed by atoms with Gasteiger partial charge in [0.05, 0.1) is 0 Å². The number of aryl methyl sites for hydroxylation is 1. The molecule has 3 N–H and O–H groups in total. The van der Waals surface area contributed by atoms with E-state index in [1.165, 1.54) is 0 Å². The Hall–Kier alpha value is -1.55. The van der Waals surface area contributed by atoms with Gasteiger partial charge in [-0.25, -0.2) is 0 Å². The molecule has 0 fully saturated rings. The Morgan fingerprint density at radius 1 is 1.44 bits per heavy atom. The maximum absolute atomic E-state index is 10.7. The fourth-order valence-electron chi connectivity index (χ4n) is 1.62. The van der Waals surface area contributed by atoms with E-state index in [2.05, 4.69) is 20.8 Å². The molecule has 18 heavy (non-hydrogen) atoms. The molecule has 100 valence electrons. The van der Waals surface area contributed by atoms with Gasteiger partial charge in [0.1, 0.15) is 18.4 Å². The van der Waals surface area contributed by atoms with Gasteiger partial charge in [0.25, 0.3) is 0 Å². The molecule has 1 atom stereocenters. The summed E-state index contributed by atoms with van der Waals surface area (Å²) in [5.41, 5.74) is 7.50. The van der Waals surface area contributed by atoms with Crippen molar-refractivity contribution in [2.45, 2.75) is 39.2 Å². The van der Waals surface area contributed by atoms with E-state index < -0.39 is 12.0 Å². The van der Waals surface area contributed by atoms with Crippen LogP contribution in [-0.4, -0.2) is 23.7 Å². The lowest BCUT2D eigenvalue weighted by Crippen LogP contribution is -2.36. The Labute approximate surface area is 108 Å². The number of hydrogen-bond acceptors (Lipinski definition) is 3. The van der Waals surface area contributed by atoms with E-state index >= 15 is 0 Å². The summed E-state index contributed by atoms with van der Waals surface area (Å²) in [6.07, 6.45) is 0. The zero-order valence-electron chi connectivity index (χ0n) is 11.4. The smallest absolute Gasteiger partial charge is 0.324 e. The molecule has 1 unspecified atom stereocenters. The maximum atomic E-state index is 10.7. The van der Waals surface area contributed by atoms with E-state index in [-0.39, 0.29) is 12.0 Å². The number of aliphatic carboxylic acids is 1. The molecule has 0 heterocycles. The van der Waals surface area contributed by atoms with Crippen LogP contribution in [-0.2, 0) is 10.2 Å². The lowest BCUT2D eigenvalue weighted by Gasteiger charge is -2.23. The summed E-state index contributed by atoms with van der Waals surface area (Å²) in [4.78, 5) is 10.7. The Kier molecular flexibility index (Phi) is 4.35. The zero-order chi connectivity index (χ0) is 13.9. The minimum absolute atomic E-state index is 0.0259. The number of rotatable bonds is 4. The number of hydrogen-bond donors (Lipinski definition) is 2. The highest BCUT2D eigenvalue weighted by Crippen LogP contribution is 2.32. The molecule has 4 heteroatoms. The third kappa shape index (κ3) is 3.74. The van der Waals surface area contributed by atoms with Crippen molar-refractivity contribution in [1.82, 2.24) is 0 Å². The number of benzene rings is 1. The van der Waals surface area contributed by atoms with Crippen LogP contribution in [0.3, 0.4) is 0 Å². The van der Waals surface area contributed by atoms with Crippen molar-refractivity contribution in [3.8, 4) is 5.75 Å². The molecule has 0 saturated heterocycles. The van der Waals surface area contributed by atoms with E-state index in [0.717, 1.165) is 11.1 Å². The second kappa shape index (κ2) is 5.40. The first-order chi connectivity index (χ1) is 8.21. The Morgan fingerprint density at radius 2 is 2.06 bits per heavy atom. The van der Waals surface area contributed by atoms with Gasteiger partial charge in [-0.3, -0.25) is 4.79 Å². The van der Waals surface area contributed by atoms with Crippen molar-refractivity contribution in [2.75, 3.05) is 6.61 Å². The molecule has 1 aromatic rings. The average Bonchev–Trinajstić information content (AvgIpc) is 2.23. The van der Waals surface area contributed by atoms with Gasteiger partial charge in [0.2, 0.25) is 0 Å². The van der Waals surface area contributed by atoms with Crippen molar-refractivity contribution in [3.05, 3.63) is 29.3 Å². The molecule has 0 aromatic heterocycles. The number of ether oxygens (including phenoxy) is 1. The quantitative estimate of drug-likeness (QED) is 0.859. The minimum Gasteiger partial charge on any atom is -0.491 e. The second-order valence-electron chi connectivity index (χ2n) is 5.51. The van der Waals surface area contributed by atoms with Crippen LogP contribution in [0.2, 0.25) is 0 Å². The van der Waals surface area contributed by atoms with Crippen LogP contribution >= 0.6 is 0 Å². The molecular weight excluding hydrogens is 230 g/mol. The largest absolute Gasteiger partial charge is 0.491 e. The van der Waals surface area contributed by atoms with Gasteiger partial charge in [0.15, 0.2) is 0 Å². The number of carbonyl (C=O) groups is 1. The summed E-state index contributed by atoms with van der Waals surface area (Å²) < 4.78 is 5.56. The van der Waals surface area contributed by atoms with Crippen molar-refractivity contribution >= 4 is 5.97 Å². The molecule has 0 aliphatic heterocycles. The molecule has 0 spiro atoms. The van der Waals surface area contributed by atoms with Crippen LogP contribution in [0.4, 0.5) is 0 Å². The summed E-state index contributed by atoms with van der Waals surface area (Å²) in [7, 11) is 0. The van der Waals surface area contributed by atoms with Gasteiger partial charge >= 0.3 is 5.97 Å². The predicted molar refractivity (Wildman–Crippen MR) is 71.0 cm³/mol. The first-order valence-corrected chi connectivity index (χ1v) is 5.94. The molecule has 1 rings (SSSR count). The van der Waals surface area contributed by atoms with Crippen LogP contribution in [0.15, 0.2) is 18.2 Å². The molecule has 0 aliphatic carbocycles. The van der Waals surface area contributed by atoms with Gasteiger partial charge in [-0.15, -0.1) is 0 Å². The molecule has 0 amide bonds. The average molecular weight is 251 g/mol. The molecule has 0 aliphatic rings. The van der Waals surface area contributed by atoms with Crippen molar-refractivity contribution in [2.24, 2.45) is 5.73 Å². The van der Waals surface area contributed by atoms with Crippen LogP contribution in [0.5, 0.6) is 5.75 Å². The van der Waals surface area contributed by atoms with E-state index in [1.807, 2.05) is 25.1 Å². The van der Waals surface area contributed by atoms with E-state index in [0.29, 0.717) is 5.75 Å². The fourth-order valence-corrected chi connectivity index (χ4v) is 1.62. The topological polar surface area (TPSA) is 72.5 Å². The highest BCUT2D eigenvalue weighted by atomic mass is 16.5. The van der Waals surface area contributed by atoms with Crippen LogP contribution in [0.1, 0.15) is 31.9 Å². The first-order valence-electron chi connectivity index (χ1n) is 5.94. The molecule has 0 saturated carbocycles. The molecule has 0 radical (unpaired) electrons. The van der Waals surface area contributed by atoms with Gasteiger partial charge in [-0.2, -0.15) is 0 Å². The van der Waals surface area contributed by atoms with E-state index in [1.54, 1.807) is 0 Å². The number of nitrogens with two attached hydrogens (primary N) is 1. The Morgan fingerprint density at radius 3 is 2.56 bits per heavy atom. The molecular formula is C14H21NO3. The number of carboxylic acids is 1. The highest BCUT2D eigenvalue weighted by molar-refractivity contribution is 5.73. The van der Waals surface area contributed by atoms with Crippen molar-refractivity contribution in [3.63, 3.8) is 0 Å². The summed E-state index contributed by atoms with van der Waals surface area (Å²) >= 11 is 0. The molecule has 4 nitrogen and oxygen atoms in total. The Bertz CT molecular complexity index is 435. The van der Waals surface area contributed by atoms with Gasteiger partial charge in [-0.1, -0.05) is 32.9 Å². The standard InChI is InChI=1S/C14H21NO3/c1-9-5-6-10(14(2,3)4)12(7-9)18-8-11(15)13(16)17/h5-7,11H,8,15H2,1-4H3,(H,16,17). The summed E-state index contributed by atoms with van der Waals surface area (Å²) in [5, 5.41) is 8.74. The van der Waals surface area contributed by atoms with Crippen LogP contribution < -0.4 is 10.5 Å². The van der Waals surface area contributed by atoms with Crippen LogP contribution in [0, 0.1) is 6.92 Å². The lowest BCUT2D eigenvalue weighted by atomic mass is 9.86. The monoisotopic (exact) mass is 251 g/mol. The van der Waals surface area contributed by atoms with E-state index in [4.69, 9.17) is 15.6 Å². The van der Waals surface area contributed by atoms with Gasteiger partial charge in [0, 0.05) is 0 Å². The van der Waals surface area contributed by atoms with Crippen molar-refractivity contribution in [1.29, 1.82) is 0 Å². The zero-order valence-corrected chi connectivity index (χ0v) is 11.4. The summed E-state index contributed by atoms with van der Waals surface area (Å²) in [5.74, 6) is -0.348. The normalized spacial score (nSPS) is 13.2. The van der Waals surface area contributed by atoms with E-state index in [9.17, 15) is 4.79 Å². The maximum Gasteiger partial charge on any atom is 0.324 e. The van der Waals surface area contributed by atoms with Crippen LogP contribution in [0.25, 0.3) is 0 Å². The van der Waals surface area contributed by atoms with Crippen molar-refractivity contribution < 1.29 is 14.6 Å². The predicted octanol–water partition coefficient (Wildman–Crippen LogP) is 2.08. The summed E-state index contributed by atoms with van der Waals surface area (Å²) in [6.45, 7) is 8.20. The minimum atomic E-state index is -1.06. The Balaban J connectivity index is 2.93. The SMILES string of the molecule is Cc1ccc(C(C)(C)C)c(OCC(N)C(=O)O)c1. The third-order valence-corrected chi connectivity index (χ3v) is 2.68. The van der Waals surface area contributed by atoms with Gasteiger partial charge < -0.3 is 15.6 Å². The molecule has 1 aromatic carbocycles. The highest BCUT2D eigenvalue weighted by Gasteiger charge is 2.20. The number of carboxylic acid groups (broad SMARTS) is 1. The first kappa shape index (κ1) is 14.5. The molecule has 0 bridgehead atoms. The fraction of sp³-hybridized carbons (Fsp3) is 0.500. The lowest BCUT2D eigenvalue weighted by molar-refractivity contribution is -0.139. The summed E-state index contributed by atoms with van der Waals surface area (Å²) in [6, 6.07) is 4.94. The second-order valence-corrected chi connectivity index (χ2v) is 5.51. The van der Waals surface area contributed by atoms with Gasteiger partial charge in [-0.05, 0) is 29.5 Å².